The van der Waals surface area contributed by atoms with E-state index in [9.17, 15) is 32.3 Å². The molecule has 0 saturated carbocycles. The van der Waals surface area contributed by atoms with E-state index in [1.165, 1.54) is 35.6 Å². The van der Waals surface area contributed by atoms with Crippen LogP contribution in [0.15, 0.2) is 59.0 Å². The Hall–Kier alpha value is -3.08. The maximum Gasteiger partial charge on any atom is 0.437 e. The lowest BCUT2D eigenvalue weighted by Gasteiger charge is -2.44. The average Bonchev–Trinajstić information content (AvgIpc) is 3.22. The van der Waals surface area contributed by atoms with E-state index in [2.05, 4.69) is 5.32 Å². The summed E-state index contributed by atoms with van der Waals surface area (Å²) in [6.45, 7) is 0. The molecule has 0 spiro atoms. The standard InChI is InChI=1S/C22H14Cl2F4N2O4/c23-11-3-6-13(14(24)9-11)15-7-8-16(34-15)18-17(19(31)10-1-4-12(25)5-2-10)21(33,22(26,27)28)30-20(32)29-18/h1-9,17-18,33H,(H2,29,30,32). The van der Waals surface area contributed by atoms with E-state index in [1.54, 1.807) is 0 Å². The lowest BCUT2D eigenvalue weighted by atomic mass is 9.79. The predicted molar refractivity (Wildman–Crippen MR) is 114 cm³/mol. The highest BCUT2D eigenvalue weighted by Crippen LogP contribution is 2.45. The van der Waals surface area contributed by atoms with Crippen LogP contribution in [0.5, 0.6) is 0 Å². The van der Waals surface area contributed by atoms with Crippen molar-refractivity contribution in [3.8, 4) is 11.3 Å². The Kier molecular flexibility index (Phi) is 6.09. The number of furan rings is 1. The van der Waals surface area contributed by atoms with Crippen molar-refractivity contribution in [2.24, 2.45) is 5.92 Å². The van der Waals surface area contributed by atoms with Gasteiger partial charge in [-0.3, -0.25) is 4.79 Å². The van der Waals surface area contributed by atoms with E-state index in [0.717, 1.165) is 24.3 Å². The monoisotopic (exact) mass is 516 g/mol. The molecule has 3 unspecified atom stereocenters. The summed E-state index contributed by atoms with van der Waals surface area (Å²) in [5.74, 6) is -4.38. The molecule has 3 N–H and O–H groups in total. The second kappa shape index (κ2) is 8.61. The molecule has 3 atom stereocenters. The molecule has 12 heteroatoms. The summed E-state index contributed by atoms with van der Waals surface area (Å²) in [5, 5.41) is 14.7. The van der Waals surface area contributed by atoms with Crippen LogP contribution in [0.1, 0.15) is 22.2 Å². The summed E-state index contributed by atoms with van der Waals surface area (Å²) in [6, 6.07) is 7.69. The first kappa shape index (κ1) is 24.1. The van der Waals surface area contributed by atoms with Crippen molar-refractivity contribution in [1.29, 1.82) is 0 Å². The molecule has 0 aliphatic carbocycles. The fraction of sp³-hybridized carbons (Fsp3) is 0.182. The van der Waals surface area contributed by atoms with Crippen molar-refractivity contribution < 1.29 is 36.7 Å². The van der Waals surface area contributed by atoms with Crippen LogP contribution in [0.3, 0.4) is 0 Å². The molecule has 2 aromatic carbocycles. The maximum absolute atomic E-state index is 14.0. The van der Waals surface area contributed by atoms with Crippen LogP contribution in [0.4, 0.5) is 22.4 Å². The molecule has 1 saturated heterocycles. The molecule has 1 aliphatic heterocycles. The zero-order valence-corrected chi connectivity index (χ0v) is 18.3. The van der Waals surface area contributed by atoms with Gasteiger partial charge in [0, 0.05) is 16.1 Å². The first-order valence-electron chi connectivity index (χ1n) is 9.63. The molecule has 2 heterocycles. The molecule has 178 valence electrons. The zero-order valence-electron chi connectivity index (χ0n) is 16.8. The topological polar surface area (TPSA) is 91.6 Å². The van der Waals surface area contributed by atoms with Crippen LogP contribution in [0.2, 0.25) is 10.0 Å². The summed E-state index contributed by atoms with van der Waals surface area (Å²) >= 11 is 12.0. The van der Waals surface area contributed by atoms with E-state index in [1.807, 2.05) is 0 Å². The number of carbonyl (C=O) groups excluding carboxylic acids is 2. The smallest absolute Gasteiger partial charge is 0.437 e. The second-order valence-corrected chi connectivity index (χ2v) is 8.36. The Morgan fingerprint density at radius 1 is 1.06 bits per heavy atom. The minimum atomic E-state index is -5.45. The van der Waals surface area contributed by atoms with Crippen molar-refractivity contribution in [3.63, 3.8) is 0 Å². The summed E-state index contributed by atoms with van der Waals surface area (Å²) in [6.07, 6.45) is -5.45. The summed E-state index contributed by atoms with van der Waals surface area (Å²) in [7, 11) is 0. The molecule has 1 aliphatic rings. The normalized spacial score (nSPS) is 22.7. The first-order chi connectivity index (χ1) is 15.9. The number of carbonyl (C=O) groups is 2. The summed E-state index contributed by atoms with van der Waals surface area (Å²) in [4.78, 5) is 25.3. The number of halogens is 6. The number of hydrogen-bond acceptors (Lipinski definition) is 4. The quantitative estimate of drug-likeness (QED) is 0.315. The Bertz CT molecular complexity index is 1260. The number of aliphatic hydroxyl groups is 1. The average molecular weight is 517 g/mol. The molecule has 1 aromatic heterocycles. The van der Waals surface area contributed by atoms with Gasteiger partial charge in [-0.25, -0.2) is 9.18 Å². The van der Waals surface area contributed by atoms with Crippen molar-refractivity contribution in [2.75, 3.05) is 0 Å². The number of hydrogen-bond donors (Lipinski definition) is 3. The molecule has 2 amide bonds. The highest BCUT2D eigenvalue weighted by atomic mass is 35.5. The Balaban J connectivity index is 1.82. The van der Waals surface area contributed by atoms with Crippen LogP contribution in [-0.2, 0) is 0 Å². The van der Waals surface area contributed by atoms with Gasteiger partial charge in [0.1, 0.15) is 29.3 Å². The van der Waals surface area contributed by atoms with E-state index in [0.29, 0.717) is 10.6 Å². The molecule has 6 nitrogen and oxygen atoms in total. The third-order valence-corrected chi connectivity index (χ3v) is 5.90. The molecular weight excluding hydrogens is 503 g/mol. The molecular formula is C22H14Cl2F4N2O4. The number of rotatable bonds is 4. The Labute approximate surface area is 199 Å². The van der Waals surface area contributed by atoms with Gasteiger partial charge in [-0.1, -0.05) is 23.2 Å². The van der Waals surface area contributed by atoms with Gasteiger partial charge >= 0.3 is 12.2 Å². The third-order valence-electron chi connectivity index (χ3n) is 5.35. The Morgan fingerprint density at radius 3 is 2.35 bits per heavy atom. The van der Waals surface area contributed by atoms with Gasteiger partial charge in [-0.15, -0.1) is 0 Å². The Morgan fingerprint density at radius 2 is 1.74 bits per heavy atom. The minimum absolute atomic E-state index is 0.118. The van der Waals surface area contributed by atoms with Gasteiger partial charge < -0.3 is 20.2 Å². The van der Waals surface area contributed by atoms with Crippen molar-refractivity contribution in [1.82, 2.24) is 10.6 Å². The van der Waals surface area contributed by atoms with Crippen LogP contribution < -0.4 is 10.6 Å². The highest BCUT2D eigenvalue weighted by molar-refractivity contribution is 6.36. The zero-order chi connectivity index (χ0) is 24.8. The summed E-state index contributed by atoms with van der Waals surface area (Å²) < 4.78 is 60.9. The van der Waals surface area contributed by atoms with E-state index < -0.39 is 41.5 Å². The van der Waals surface area contributed by atoms with Crippen molar-refractivity contribution in [2.45, 2.75) is 17.9 Å². The molecule has 4 rings (SSSR count). The van der Waals surface area contributed by atoms with Crippen molar-refractivity contribution in [3.05, 3.63) is 81.8 Å². The second-order valence-electron chi connectivity index (χ2n) is 7.52. The van der Waals surface area contributed by atoms with Crippen LogP contribution in [0, 0.1) is 11.7 Å². The van der Waals surface area contributed by atoms with E-state index >= 15 is 0 Å². The highest BCUT2D eigenvalue weighted by Gasteiger charge is 2.66. The third kappa shape index (κ3) is 4.24. The van der Waals surface area contributed by atoms with Crippen LogP contribution in [-0.4, -0.2) is 28.8 Å². The van der Waals surface area contributed by atoms with Gasteiger partial charge in [-0.2, -0.15) is 13.2 Å². The summed E-state index contributed by atoms with van der Waals surface area (Å²) in [5.41, 5.74) is -3.91. The number of urea groups is 1. The van der Waals surface area contributed by atoms with E-state index in [-0.39, 0.29) is 22.1 Å². The molecule has 3 aromatic rings. The largest absolute Gasteiger partial charge is 0.459 e. The number of benzene rings is 2. The fourth-order valence-corrected chi connectivity index (χ4v) is 4.23. The number of amides is 2. The van der Waals surface area contributed by atoms with Gasteiger partial charge in [-0.05, 0) is 54.6 Å². The predicted octanol–water partition coefficient (Wildman–Crippen LogP) is 5.50. The van der Waals surface area contributed by atoms with Gasteiger partial charge in [0.05, 0.1) is 5.02 Å². The van der Waals surface area contributed by atoms with Crippen LogP contribution >= 0.6 is 23.2 Å². The molecule has 0 bridgehead atoms. The molecule has 0 radical (unpaired) electrons. The minimum Gasteiger partial charge on any atom is -0.459 e. The van der Waals surface area contributed by atoms with Gasteiger partial charge in [0.2, 0.25) is 5.72 Å². The maximum atomic E-state index is 14.0. The van der Waals surface area contributed by atoms with E-state index in [4.69, 9.17) is 27.6 Å². The fourth-order valence-electron chi connectivity index (χ4n) is 3.72. The first-order valence-corrected chi connectivity index (χ1v) is 10.4. The molecule has 34 heavy (non-hydrogen) atoms. The van der Waals surface area contributed by atoms with Crippen molar-refractivity contribution >= 4 is 35.0 Å². The number of ketones is 1. The number of alkyl halides is 3. The number of nitrogens with one attached hydrogen (secondary N) is 2. The lowest BCUT2D eigenvalue weighted by Crippen LogP contribution is -2.72. The van der Waals surface area contributed by atoms with Gasteiger partial charge in [0.25, 0.3) is 0 Å². The molecule has 1 fully saturated rings. The van der Waals surface area contributed by atoms with Crippen LogP contribution in [0.25, 0.3) is 11.3 Å². The number of Topliss-reactive ketones (excluding diaryl/α,β-unsaturated/α-hetero) is 1. The SMILES string of the molecule is O=C1NC(c2ccc(-c3ccc(Cl)cc3Cl)o2)C(C(=O)c2ccc(F)cc2)C(O)(C(F)(F)F)N1. The van der Waals surface area contributed by atoms with Gasteiger partial charge in [0.15, 0.2) is 5.78 Å². The lowest BCUT2D eigenvalue weighted by molar-refractivity contribution is -0.288.